The van der Waals surface area contributed by atoms with Crippen LogP contribution in [-0.2, 0) is 13.2 Å². The first-order valence-corrected chi connectivity index (χ1v) is 9.82. The largest absolute Gasteiger partial charge is 0.488 e. The highest BCUT2D eigenvalue weighted by Crippen LogP contribution is 2.30. The van der Waals surface area contributed by atoms with Crippen molar-refractivity contribution in [3.63, 3.8) is 0 Å². The summed E-state index contributed by atoms with van der Waals surface area (Å²) in [7, 11) is 0. The molecule has 8 heteroatoms. The molecule has 156 valence electrons. The van der Waals surface area contributed by atoms with Crippen molar-refractivity contribution in [1.29, 1.82) is 10.5 Å². The lowest BCUT2D eigenvalue weighted by Crippen LogP contribution is -2.07. The lowest BCUT2D eigenvalue weighted by Gasteiger charge is -2.10. The quantitative estimate of drug-likeness (QED) is 0.544. The molecule has 0 bridgehead atoms. The van der Waals surface area contributed by atoms with E-state index in [4.69, 9.17) is 22.1 Å². The molecule has 1 heterocycles. The van der Waals surface area contributed by atoms with E-state index in [0.717, 1.165) is 11.1 Å². The highest BCUT2D eigenvalue weighted by Gasteiger charge is 2.19. The molecule has 0 atom stereocenters. The summed E-state index contributed by atoms with van der Waals surface area (Å²) in [6.07, 6.45) is 1.56. The van der Waals surface area contributed by atoms with Crippen LogP contribution in [0.15, 0.2) is 42.5 Å². The summed E-state index contributed by atoms with van der Waals surface area (Å²) in [5.41, 5.74) is 9.01. The number of nitrogen functional groups attached to an aromatic ring is 1. The van der Waals surface area contributed by atoms with Crippen molar-refractivity contribution in [2.24, 2.45) is 0 Å². The van der Waals surface area contributed by atoms with Gasteiger partial charge in [-0.25, -0.2) is 4.68 Å². The molecule has 2 aromatic carbocycles. The maximum Gasteiger partial charge on any atom is 0.140 e. The molecular formula is C23H20ClN5O2. The van der Waals surface area contributed by atoms with Crippen LogP contribution in [0.4, 0.5) is 5.82 Å². The number of hydrogen-bond donors (Lipinski definition) is 2. The minimum absolute atomic E-state index is 0.0744. The standard InChI is InChI=1S/C23H20ClN5O2/c1-15-2-4-16(5-3-15)14-31-21-7-6-19(24)11-17(21)10-18(12-25)22-20(13-26)23(27)29(28-22)8-9-30/h2-7,10-11,30H,8-9,14,27H2,1H3/b18-10+. The van der Waals surface area contributed by atoms with Crippen LogP contribution < -0.4 is 10.5 Å². The Bertz CT molecular complexity index is 1200. The first kappa shape index (κ1) is 21.9. The Labute approximate surface area is 185 Å². The minimum Gasteiger partial charge on any atom is -0.488 e. The summed E-state index contributed by atoms with van der Waals surface area (Å²) < 4.78 is 7.26. The van der Waals surface area contributed by atoms with Crippen molar-refractivity contribution in [1.82, 2.24) is 9.78 Å². The van der Waals surface area contributed by atoms with Gasteiger partial charge in [0.25, 0.3) is 0 Å². The van der Waals surface area contributed by atoms with E-state index in [1.807, 2.05) is 37.3 Å². The molecule has 0 radical (unpaired) electrons. The van der Waals surface area contributed by atoms with Crippen molar-refractivity contribution < 1.29 is 9.84 Å². The molecule has 0 saturated carbocycles. The third-order valence-electron chi connectivity index (χ3n) is 4.58. The van der Waals surface area contributed by atoms with Crippen LogP contribution >= 0.6 is 11.6 Å². The highest BCUT2D eigenvalue weighted by atomic mass is 35.5. The molecule has 0 spiro atoms. The second-order valence-electron chi connectivity index (χ2n) is 6.79. The van der Waals surface area contributed by atoms with Gasteiger partial charge in [0.05, 0.1) is 18.7 Å². The van der Waals surface area contributed by atoms with Gasteiger partial charge >= 0.3 is 0 Å². The number of ether oxygens (including phenoxy) is 1. The Morgan fingerprint density at radius 3 is 2.65 bits per heavy atom. The van der Waals surface area contributed by atoms with Crippen LogP contribution in [0.5, 0.6) is 5.75 Å². The highest BCUT2D eigenvalue weighted by molar-refractivity contribution is 6.30. The summed E-state index contributed by atoms with van der Waals surface area (Å²) in [5.74, 6) is 0.619. The summed E-state index contributed by atoms with van der Waals surface area (Å²) in [6, 6.07) is 17.1. The molecular weight excluding hydrogens is 414 g/mol. The number of nitrogens with zero attached hydrogens (tertiary/aromatic N) is 4. The molecule has 0 amide bonds. The molecule has 0 aliphatic rings. The third-order valence-corrected chi connectivity index (χ3v) is 4.81. The number of benzene rings is 2. The number of allylic oxidation sites excluding steroid dienone is 1. The average molecular weight is 434 g/mol. The second kappa shape index (κ2) is 9.82. The van der Waals surface area contributed by atoms with Crippen molar-refractivity contribution >= 4 is 29.1 Å². The molecule has 0 unspecified atom stereocenters. The maximum atomic E-state index is 9.74. The van der Waals surface area contributed by atoms with Crippen LogP contribution in [0.2, 0.25) is 5.02 Å². The minimum atomic E-state index is -0.201. The Kier molecular flexibility index (Phi) is 6.94. The smallest absolute Gasteiger partial charge is 0.140 e. The van der Waals surface area contributed by atoms with Gasteiger partial charge in [0.1, 0.15) is 41.6 Å². The van der Waals surface area contributed by atoms with Crippen molar-refractivity contribution in [3.8, 4) is 17.9 Å². The number of anilines is 1. The number of aromatic nitrogens is 2. The number of aryl methyl sites for hydroxylation is 1. The van der Waals surface area contributed by atoms with Crippen LogP contribution in [-0.4, -0.2) is 21.5 Å². The number of aliphatic hydroxyl groups is 1. The number of hydrogen-bond acceptors (Lipinski definition) is 6. The molecule has 31 heavy (non-hydrogen) atoms. The number of nitriles is 2. The molecule has 3 aromatic rings. The summed E-state index contributed by atoms with van der Waals surface area (Å²) >= 11 is 6.17. The molecule has 7 nitrogen and oxygen atoms in total. The van der Waals surface area contributed by atoms with E-state index < -0.39 is 0 Å². The van der Waals surface area contributed by atoms with E-state index in [1.54, 1.807) is 24.3 Å². The molecule has 3 rings (SSSR count). The van der Waals surface area contributed by atoms with Gasteiger partial charge in [-0.2, -0.15) is 15.6 Å². The van der Waals surface area contributed by atoms with E-state index in [-0.39, 0.29) is 35.8 Å². The molecule has 0 aliphatic carbocycles. The summed E-state index contributed by atoms with van der Waals surface area (Å²) in [5, 5.41) is 33.1. The Hall–Kier alpha value is -3.78. The predicted molar refractivity (Wildman–Crippen MR) is 119 cm³/mol. The number of nitrogens with two attached hydrogens (primary N) is 1. The molecule has 0 aliphatic heterocycles. The van der Waals surface area contributed by atoms with Gasteiger partial charge in [-0.3, -0.25) is 0 Å². The van der Waals surface area contributed by atoms with Gasteiger partial charge in [0, 0.05) is 10.6 Å². The fourth-order valence-electron chi connectivity index (χ4n) is 2.96. The molecule has 3 N–H and O–H groups in total. The van der Waals surface area contributed by atoms with Gasteiger partial charge in [-0.05, 0) is 36.8 Å². The van der Waals surface area contributed by atoms with Crippen LogP contribution in [0, 0.1) is 29.6 Å². The Balaban J connectivity index is 1.99. The Morgan fingerprint density at radius 1 is 1.26 bits per heavy atom. The van der Waals surface area contributed by atoms with Crippen LogP contribution in [0.25, 0.3) is 11.6 Å². The monoisotopic (exact) mass is 433 g/mol. The average Bonchev–Trinajstić information content (AvgIpc) is 3.08. The fourth-order valence-corrected chi connectivity index (χ4v) is 3.14. The summed E-state index contributed by atoms with van der Waals surface area (Å²) in [4.78, 5) is 0. The molecule has 0 fully saturated rings. The van der Waals surface area contributed by atoms with E-state index in [2.05, 4.69) is 11.2 Å². The van der Waals surface area contributed by atoms with E-state index in [0.29, 0.717) is 22.9 Å². The van der Waals surface area contributed by atoms with Gasteiger partial charge < -0.3 is 15.6 Å². The van der Waals surface area contributed by atoms with Crippen LogP contribution in [0.3, 0.4) is 0 Å². The van der Waals surface area contributed by atoms with Gasteiger partial charge in [0.2, 0.25) is 0 Å². The maximum absolute atomic E-state index is 9.74. The van der Waals surface area contributed by atoms with E-state index in [9.17, 15) is 15.6 Å². The topological polar surface area (TPSA) is 121 Å². The molecule has 0 saturated heterocycles. The van der Waals surface area contributed by atoms with Gasteiger partial charge in [-0.15, -0.1) is 0 Å². The molecule has 1 aromatic heterocycles. The fraction of sp³-hybridized carbons (Fsp3) is 0.174. The SMILES string of the molecule is Cc1ccc(COc2ccc(Cl)cc2/C=C(\C#N)c2nn(CCO)c(N)c2C#N)cc1. The van der Waals surface area contributed by atoms with Crippen LogP contribution in [0.1, 0.15) is 27.9 Å². The van der Waals surface area contributed by atoms with Gasteiger partial charge in [-0.1, -0.05) is 41.4 Å². The zero-order chi connectivity index (χ0) is 22.4. The van der Waals surface area contributed by atoms with Crippen molar-refractivity contribution in [2.45, 2.75) is 20.1 Å². The zero-order valence-electron chi connectivity index (χ0n) is 16.8. The normalized spacial score (nSPS) is 11.1. The third kappa shape index (κ3) is 5.04. The lowest BCUT2D eigenvalue weighted by molar-refractivity contribution is 0.270. The van der Waals surface area contributed by atoms with Gasteiger partial charge in [0.15, 0.2) is 0 Å². The lowest BCUT2D eigenvalue weighted by atomic mass is 10.1. The predicted octanol–water partition coefficient (Wildman–Crippen LogP) is 3.93. The number of rotatable bonds is 7. The van der Waals surface area contributed by atoms with E-state index in [1.165, 1.54) is 4.68 Å². The zero-order valence-corrected chi connectivity index (χ0v) is 17.6. The first-order chi connectivity index (χ1) is 15.0. The van der Waals surface area contributed by atoms with E-state index >= 15 is 0 Å². The number of aliphatic hydroxyl groups excluding tert-OH is 1. The first-order valence-electron chi connectivity index (χ1n) is 9.44. The Morgan fingerprint density at radius 2 is 2.00 bits per heavy atom. The van der Waals surface area contributed by atoms with Crippen molar-refractivity contribution in [2.75, 3.05) is 12.3 Å². The second-order valence-corrected chi connectivity index (χ2v) is 7.23. The number of halogens is 1. The summed E-state index contributed by atoms with van der Waals surface area (Å²) in [6.45, 7) is 2.26. The van der Waals surface area contributed by atoms with Crippen molar-refractivity contribution in [3.05, 3.63) is 75.4 Å².